The molecule has 1 N–H and O–H groups in total. The fourth-order valence-corrected chi connectivity index (χ4v) is 2.43. The fourth-order valence-electron chi connectivity index (χ4n) is 2.43. The van der Waals surface area contributed by atoms with Gasteiger partial charge in [-0.25, -0.2) is 4.79 Å². The van der Waals surface area contributed by atoms with Crippen molar-refractivity contribution in [1.82, 2.24) is 15.1 Å². The summed E-state index contributed by atoms with van der Waals surface area (Å²) in [4.78, 5) is 26.0. The molecular weight excluding hydrogens is 314 g/mol. The summed E-state index contributed by atoms with van der Waals surface area (Å²) in [5, 5.41) is 2.80. The molecule has 1 heterocycles. The fraction of sp³-hybridized carbons (Fsp3) is 0.500. The molecule has 1 saturated heterocycles. The lowest BCUT2D eigenvalue weighted by molar-refractivity contribution is -0.119. The Hall–Kier alpha value is -2.64. The first kappa shape index (κ1) is 17.7. The van der Waals surface area contributed by atoms with Gasteiger partial charge >= 0.3 is 6.03 Å². The summed E-state index contributed by atoms with van der Waals surface area (Å²) in [7, 11) is 3.11. The van der Waals surface area contributed by atoms with Crippen molar-refractivity contribution in [3.05, 3.63) is 18.2 Å². The minimum Gasteiger partial charge on any atom is -0.493 e. The van der Waals surface area contributed by atoms with Crippen LogP contribution >= 0.6 is 0 Å². The Kier molecular flexibility index (Phi) is 6.53. The second-order valence-electron chi connectivity index (χ2n) is 5.20. The molecule has 0 radical (unpaired) electrons. The second kappa shape index (κ2) is 8.85. The Morgan fingerprint density at radius 1 is 1.17 bits per heavy atom. The third kappa shape index (κ3) is 4.43. The number of piperazine rings is 1. The highest BCUT2D eigenvalue weighted by Crippen LogP contribution is 2.36. The summed E-state index contributed by atoms with van der Waals surface area (Å²) in [5.74, 6) is 1.68. The molecule has 3 amide bonds. The van der Waals surface area contributed by atoms with Crippen LogP contribution in [0.2, 0.25) is 0 Å². The van der Waals surface area contributed by atoms with Crippen LogP contribution in [0.5, 0.6) is 17.2 Å². The first-order valence-electron chi connectivity index (χ1n) is 7.75. The van der Waals surface area contributed by atoms with E-state index in [9.17, 15) is 9.59 Å². The monoisotopic (exact) mass is 337 g/mol. The lowest BCUT2D eigenvalue weighted by Gasteiger charge is -2.32. The predicted octanol–water partition coefficient (Wildman–Crippen LogP) is 0.566. The molecule has 132 valence electrons. The number of methoxy groups -OCH3 is 2. The third-order valence-electron chi connectivity index (χ3n) is 3.75. The SMILES string of the molecule is COc1cccc(OCCNC(=O)N2CCN(C=O)CC2)c1OC. The van der Waals surface area contributed by atoms with Gasteiger partial charge in [-0.3, -0.25) is 4.79 Å². The van der Waals surface area contributed by atoms with Crippen LogP contribution in [0.3, 0.4) is 0 Å². The van der Waals surface area contributed by atoms with Gasteiger partial charge in [0, 0.05) is 26.2 Å². The molecular formula is C16H23N3O5. The maximum absolute atomic E-state index is 12.0. The Balaban J connectivity index is 1.75. The zero-order valence-corrected chi connectivity index (χ0v) is 14.0. The van der Waals surface area contributed by atoms with Gasteiger partial charge in [0.05, 0.1) is 20.8 Å². The predicted molar refractivity (Wildman–Crippen MR) is 87.6 cm³/mol. The average molecular weight is 337 g/mol. The van der Waals surface area contributed by atoms with Gasteiger partial charge < -0.3 is 29.3 Å². The van der Waals surface area contributed by atoms with Gasteiger partial charge in [-0.2, -0.15) is 0 Å². The summed E-state index contributed by atoms with van der Waals surface area (Å²) in [5.41, 5.74) is 0. The number of ether oxygens (including phenoxy) is 3. The molecule has 2 rings (SSSR count). The molecule has 1 aliphatic heterocycles. The Morgan fingerprint density at radius 3 is 2.50 bits per heavy atom. The van der Waals surface area contributed by atoms with E-state index in [-0.39, 0.29) is 6.03 Å². The molecule has 0 unspecified atom stereocenters. The molecule has 1 aromatic carbocycles. The lowest BCUT2D eigenvalue weighted by Crippen LogP contribution is -2.51. The molecule has 0 aromatic heterocycles. The van der Waals surface area contributed by atoms with Crippen LogP contribution in [-0.2, 0) is 4.79 Å². The number of hydrogen-bond donors (Lipinski definition) is 1. The molecule has 24 heavy (non-hydrogen) atoms. The van der Waals surface area contributed by atoms with Gasteiger partial charge in [-0.05, 0) is 12.1 Å². The van der Waals surface area contributed by atoms with Crippen LogP contribution in [0.1, 0.15) is 0 Å². The zero-order chi connectivity index (χ0) is 17.4. The van der Waals surface area contributed by atoms with E-state index in [1.807, 2.05) is 6.07 Å². The molecule has 8 nitrogen and oxygen atoms in total. The van der Waals surface area contributed by atoms with E-state index in [4.69, 9.17) is 14.2 Å². The van der Waals surface area contributed by atoms with Gasteiger partial charge in [0.2, 0.25) is 12.2 Å². The summed E-state index contributed by atoms with van der Waals surface area (Å²) >= 11 is 0. The van der Waals surface area contributed by atoms with Crippen molar-refractivity contribution in [2.75, 3.05) is 53.6 Å². The van der Waals surface area contributed by atoms with Crippen LogP contribution in [0.15, 0.2) is 18.2 Å². The number of carbonyl (C=O) groups excluding carboxylic acids is 2. The molecule has 1 fully saturated rings. The van der Waals surface area contributed by atoms with Crippen LogP contribution in [0.25, 0.3) is 0 Å². The topological polar surface area (TPSA) is 80.3 Å². The summed E-state index contributed by atoms with van der Waals surface area (Å²) in [6, 6.07) is 5.22. The first-order chi connectivity index (χ1) is 11.7. The maximum atomic E-state index is 12.0. The molecule has 1 aromatic rings. The number of amides is 3. The average Bonchev–Trinajstić information content (AvgIpc) is 2.64. The Bertz CT molecular complexity index is 559. The Morgan fingerprint density at radius 2 is 1.88 bits per heavy atom. The van der Waals surface area contributed by atoms with Crippen molar-refractivity contribution in [2.45, 2.75) is 0 Å². The molecule has 8 heteroatoms. The van der Waals surface area contributed by atoms with E-state index < -0.39 is 0 Å². The normalized spacial score (nSPS) is 14.1. The number of carbonyl (C=O) groups is 2. The molecule has 1 aliphatic rings. The van der Waals surface area contributed by atoms with Gasteiger partial charge in [-0.15, -0.1) is 0 Å². The van der Waals surface area contributed by atoms with Crippen molar-refractivity contribution in [3.8, 4) is 17.2 Å². The molecule has 0 spiro atoms. The van der Waals surface area contributed by atoms with Crippen LogP contribution < -0.4 is 19.5 Å². The summed E-state index contributed by atoms with van der Waals surface area (Å²) in [6.07, 6.45) is 0.810. The molecule has 0 saturated carbocycles. The smallest absolute Gasteiger partial charge is 0.317 e. The number of para-hydroxylation sites is 1. The highest BCUT2D eigenvalue weighted by atomic mass is 16.5. The number of hydrogen-bond acceptors (Lipinski definition) is 5. The lowest BCUT2D eigenvalue weighted by atomic mass is 10.3. The minimum atomic E-state index is -0.151. The Labute approximate surface area is 141 Å². The zero-order valence-electron chi connectivity index (χ0n) is 14.0. The van der Waals surface area contributed by atoms with Crippen molar-refractivity contribution in [3.63, 3.8) is 0 Å². The minimum absolute atomic E-state index is 0.151. The van der Waals surface area contributed by atoms with Crippen molar-refractivity contribution in [1.29, 1.82) is 0 Å². The van der Waals surface area contributed by atoms with E-state index in [0.29, 0.717) is 56.6 Å². The van der Waals surface area contributed by atoms with Crippen LogP contribution in [-0.4, -0.2) is 75.8 Å². The number of urea groups is 1. The standard InChI is InChI=1S/C16H23N3O5/c1-22-13-4-3-5-14(15(13)23-2)24-11-6-17-16(21)19-9-7-18(12-20)8-10-19/h3-5,12H,6-11H2,1-2H3,(H,17,21). The quantitative estimate of drug-likeness (QED) is 0.581. The summed E-state index contributed by atoms with van der Waals surface area (Å²) < 4.78 is 16.1. The number of nitrogens with one attached hydrogen (secondary N) is 1. The molecule has 0 atom stereocenters. The van der Waals surface area contributed by atoms with E-state index in [1.54, 1.807) is 36.2 Å². The van der Waals surface area contributed by atoms with Crippen molar-refractivity contribution < 1.29 is 23.8 Å². The van der Waals surface area contributed by atoms with Crippen LogP contribution in [0, 0.1) is 0 Å². The number of rotatable bonds is 7. The van der Waals surface area contributed by atoms with Gasteiger partial charge in [-0.1, -0.05) is 6.07 Å². The number of benzene rings is 1. The third-order valence-corrected chi connectivity index (χ3v) is 3.75. The largest absolute Gasteiger partial charge is 0.493 e. The van der Waals surface area contributed by atoms with Gasteiger partial charge in [0.1, 0.15) is 6.61 Å². The van der Waals surface area contributed by atoms with E-state index in [0.717, 1.165) is 6.41 Å². The first-order valence-corrected chi connectivity index (χ1v) is 7.75. The highest BCUT2D eigenvalue weighted by Gasteiger charge is 2.19. The summed E-state index contributed by atoms with van der Waals surface area (Å²) in [6.45, 7) is 2.88. The van der Waals surface area contributed by atoms with E-state index in [2.05, 4.69) is 5.32 Å². The van der Waals surface area contributed by atoms with E-state index in [1.165, 1.54) is 0 Å². The maximum Gasteiger partial charge on any atom is 0.317 e. The van der Waals surface area contributed by atoms with E-state index >= 15 is 0 Å². The highest BCUT2D eigenvalue weighted by molar-refractivity contribution is 5.74. The van der Waals surface area contributed by atoms with Crippen molar-refractivity contribution >= 4 is 12.4 Å². The second-order valence-corrected chi connectivity index (χ2v) is 5.20. The van der Waals surface area contributed by atoms with Crippen LogP contribution in [0.4, 0.5) is 4.79 Å². The van der Waals surface area contributed by atoms with Gasteiger partial charge in [0.25, 0.3) is 0 Å². The van der Waals surface area contributed by atoms with Gasteiger partial charge in [0.15, 0.2) is 11.5 Å². The van der Waals surface area contributed by atoms with Crippen molar-refractivity contribution in [2.24, 2.45) is 0 Å². The number of nitrogens with zero attached hydrogens (tertiary/aromatic N) is 2. The molecule has 0 aliphatic carbocycles. The molecule has 0 bridgehead atoms.